The van der Waals surface area contributed by atoms with Gasteiger partial charge in [-0.05, 0) is 32.4 Å². The molecule has 4 nitrogen and oxygen atoms in total. The largest absolute Gasteiger partial charge is 0.392 e. The van der Waals surface area contributed by atoms with Crippen LogP contribution in [0.3, 0.4) is 0 Å². The van der Waals surface area contributed by atoms with E-state index in [1.165, 1.54) is 0 Å². The molecule has 1 aliphatic heterocycles. The molecule has 0 radical (unpaired) electrons. The number of imidazole rings is 1. The monoisotopic (exact) mass is 274 g/mol. The highest BCUT2D eigenvalue weighted by Gasteiger charge is 2.29. The summed E-state index contributed by atoms with van der Waals surface area (Å²) in [6.07, 6.45) is 1.43. The summed E-state index contributed by atoms with van der Waals surface area (Å²) >= 11 is 0. The first-order valence-electron chi connectivity index (χ1n) is 7.42. The van der Waals surface area contributed by atoms with Crippen LogP contribution >= 0.6 is 0 Å². The molecule has 1 aromatic carbocycles. The van der Waals surface area contributed by atoms with E-state index in [0.29, 0.717) is 13.0 Å². The number of para-hydroxylation sites is 2. The number of rotatable bonds is 4. The predicted octanol–water partition coefficient (Wildman–Crippen LogP) is 2.38. The Morgan fingerprint density at radius 3 is 2.95 bits per heavy atom. The molecule has 1 aromatic heterocycles. The van der Waals surface area contributed by atoms with Crippen LogP contribution in [-0.4, -0.2) is 33.5 Å². The second-order valence-corrected chi connectivity index (χ2v) is 5.67. The number of fused-ring (bicyclic) bond motifs is 1. The van der Waals surface area contributed by atoms with E-state index >= 15 is 0 Å². The van der Waals surface area contributed by atoms with Gasteiger partial charge in [0.25, 0.3) is 0 Å². The van der Waals surface area contributed by atoms with Gasteiger partial charge in [0.2, 0.25) is 0 Å². The maximum Gasteiger partial charge on any atom is 0.112 e. The van der Waals surface area contributed by atoms with Gasteiger partial charge in [0.1, 0.15) is 5.82 Å². The lowest BCUT2D eigenvalue weighted by Gasteiger charge is -2.16. The summed E-state index contributed by atoms with van der Waals surface area (Å²) in [7, 11) is 0. The summed E-state index contributed by atoms with van der Waals surface area (Å²) in [6.45, 7) is 5.72. The smallest absolute Gasteiger partial charge is 0.112 e. The quantitative estimate of drug-likeness (QED) is 0.931. The van der Waals surface area contributed by atoms with E-state index in [2.05, 4.69) is 29.5 Å². The van der Waals surface area contributed by atoms with Gasteiger partial charge < -0.3 is 14.4 Å². The highest BCUT2D eigenvalue weighted by Crippen LogP contribution is 2.25. The van der Waals surface area contributed by atoms with Crippen molar-refractivity contribution in [1.29, 1.82) is 0 Å². The molecule has 0 saturated carbocycles. The molecule has 3 atom stereocenters. The van der Waals surface area contributed by atoms with E-state index in [4.69, 9.17) is 4.74 Å². The van der Waals surface area contributed by atoms with E-state index in [1.807, 2.05) is 18.2 Å². The first-order valence-corrected chi connectivity index (χ1v) is 7.42. The van der Waals surface area contributed by atoms with Gasteiger partial charge in [0, 0.05) is 18.9 Å². The van der Waals surface area contributed by atoms with Gasteiger partial charge in [-0.1, -0.05) is 12.1 Å². The Morgan fingerprint density at radius 1 is 1.45 bits per heavy atom. The number of ether oxygens (including phenoxy) is 1. The molecule has 1 fully saturated rings. The minimum absolute atomic E-state index is 0.232. The van der Waals surface area contributed by atoms with Crippen molar-refractivity contribution < 1.29 is 9.84 Å². The van der Waals surface area contributed by atoms with Crippen LogP contribution in [0.15, 0.2) is 24.3 Å². The fourth-order valence-corrected chi connectivity index (χ4v) is 3.11. The fraction of sp³-hybridized carbons (Fsp3) is 0.562. The lowest BCUT2D eigenvalue weighted by Crippen LogP contribution is -2.25. The summed E-state index contributed by atoms with van der Waals surface area (Å²) in [5, 5.41) is 10.4. The van der Waals surface area contributed by atoms with Gasteiger partial charge in [-0.15, -0.1) is 0 Å². The molecule has 4 heteroatoms. The zero-order valence-corrected chi connectivity index (χ0v) is 12.1. The summed E-state index contributed by atoms with van der Waals surface area (Å²) in [6, 6.07) is 8.14. The molecule has 1 saturated heterocycles. The maximum atomic E-state index is 10.4. The average molecular weight is 274 g/mol. The second kappa shape index (κ2) is 5.54. The van der Waals surface area contributed by atoms with Crippen LogP contribution in [-0.2, 0) is 17.7 Å². The number of hydrogen-bond donors (Lipinski definition) is 1. The lowest BCUT2D eigenvalue weighted by atomic mass is 9.97. The Kier molecular flexibility index (Phi) is 3.76. The Bertz CT molecular complexity index is 593. The van der Waals surface area contributed by atoms with Crippen LogP contribution < -0.4 is 0 Å². The standard InChI is InChI=1S/C16H22N2O2/c1-3-18-14-7-5-4-6-13(14)17-16(18)9-15(19)12-8-11(2)20-10-12/h4-7,11-12,15,19H,3,8-10H2,1-2H3. The van der Waals surface area contributed by atoms with E-state index < -0.39 is 0 Å². The fourth-order valence-electron chi connectivity index (χ4n) is 3.11. The number of aliphatic hydroxyl groups is 1. The van der Waals surface area contributed by atoms with Crippen molar-refractivity contribution in [1.82, 2.24) is 9.55 Å². The number of benzene rings is 1. The maximum absolute atomic E-state index is 10.4. The highest BCUT2D eigenvalue weighted by atomic mass is 16.5. The Morgan fingerprint density at radius 2 is 2.25 bits per heavy atom. The highest BCUT2D eigenvalue weighted by molar-refractivity contribution is 5.75. The summed E-state index contributed by atoms with van der Waals surface area (Å²) in [5.74, 6) is 1.20. The molecule has 108 valence electrons. The third-order valence-corrected chi connectivity index (χ3v) is 4.22. The number of aryl methyl sites for hydroxylation is 1. The molecule has 1 N–H and O–H groups in total. The Balaban J connectivity index is 1.83. The first kappa shape index (κ1) is 13.6. The Labute approximate surface area is 119 Å². The molecule has 3 unspecified atom stereocenters. The van der Waals surface area contributed by atoms with E-state index in [9.17, 15) is 5.11 Å². The summed E-state index contributed by atoms with van der Waals surface area (Å²) in [4.78, 5) is 4.68. The molecule has 1 aliphatic rings. The van der Waals surface area contributed by atoms with E-state index in [-0.39, 0.29) is 18.1 Å². The third-order valence-electron chi connectivity index (χ3n) is 4.22. The van der Waals surface area contributed by atoms with Crippen LogP contribution in [0.1, 0.15) is 26.1 Å². The second-order valence-electron chi connectivity index (χ2n) is 5.67. The zero-order chi connectivity index (χ0) is 14.1. The topological polar surface area (TPSA) is 47.3 Å². The average Bonchev–Trinajstić information content (AvgIpc) is 3.01. The molecule has 0 bridgehead atoms. The molecule has 2 heterocycles. The Hall–Kier alpha value is -1.39. The van der Waals surface area contributed by atoms with Gasteiger partial charge >= 0.3 is 0 Å². The molecule has 0 aliphatic carbocycles. The molecular formula is C16H22N2O2. The third kappa shape index (κ3) is 2.45. The van der Waals surface area contributed by atoms with Gasteiger partial charge in [0.05, 0.1) is 29.8 Å². The molecular weight excluding hydrogens is 252 g/mol. The number of hydrogen-bond acceptors (Lipinski definition) is 3. The van der Waals surface area contributed by atoms with Crippen molar-refractivity contribution in [3.63, 3.8) is 0 Å². The van der Waals surface area contributed by atoms with Gasteiger partial charge in [-0.25, -0.2) is 4.98 Å². The van der Waals surface area contributed by atoms with Crippen LogP contribution in [0, 0.1) is 5.92 Å². The summed E-state index contributed by atoms with van der Waals surface area (Å²) in [5.41, 5.74) is 2.15. The molecule has 0 amide bonds. The zero-order valence-electron chi connectivity index (χ0n) is 12.1. The van der Waals surface area contributed by atoms with Crippen LogP contribution in [0.4, 0.5) is 0 Å². The SMILES string of the molecule is CCn1c(CC(O)C2COC(C)C2)nc2ccccc21. The molecule has 0 spiro atoms. The van der Waals surface area contributed by atoms with Crippen molar-refractivity contribution in [2.45, 2.75) is 45.4 Å². The van der Waals surface area contributed by atoms with Crippen molar-refractivity contribution in [3.05, 3.63) is 30.1 Å². The number of nitrogens with zero attached hydrogens (tertiary/aromatic N) is 2. The van der Waals surface area contributed by atoms with Crippen molar-refractivity contribution in [2.75, 3.05) is 6.61 Å². The predicted molar refractivity (Wildman–Crippen MR) is 78.6 cm³/mol. The van der Waals surface area contributed by atoms with Crippen molar-refractivity contribution in [2.24, 2.45) is 5.92 Å². The van der Waals surface area contributed by atoms with Gasteiger partial charge in [-0.2, -0.15) is 0 Å². The molecule has 20 heavy (non-hydrogen) atoms. The number of aromatic nitrogens is 2. The van der Waals surface area contributed by atoms with Crippen LogP contribution in [0.25, 0.3) is 11.0 Å². The lowest BCUT2D eigenvalue weighted by molar-refractivity contribution is 0.0792. The van der Waals surface area contributed by atoms with E-state index in [1.54, 1.807) is 0 Å². The number of aliphatic hydroxyl groups excluding tert-OH is 1. The van der Waals surface area contributed by atoms with E-state index in [0.717, 1.165) is 29.8 Å². The van der Waals surface area contributed by atoms with Crippen molar-refractivity contribution in [3.8, 4) is 0 Å². The molecule has 2 aromatic rings. The normalized spacial score (nSPS) is 24.4. The van der Waals surface area contributed by atoms with Gasteiger partial charge in [-0.3, -0.25) is 0 Å². The minimum Gasteiger partial charge on any atom is -0.392 e. The summed E-state index contributed by atoms with van der Waals surface area (Å²) < 4.78 is 7.74. The van der Waals surface area contributed by atoms with Crippen LogP contribution in [0.5, 0.6) is 0 Å². The first-order chi connectivity index (χ1) is 9.69. The van der Waals surface area contributed by atoms with Crippen LogP contribution in [0.2, 0.25) is 0 Å². The van der Waals surface area contributed by atoms with Gasteiger partial charge in [0.15, 0.2) is 0 Å². The molecule has 3 rings (SSSR count). The minimum atomic E-state index is -0.373. The van der Waals surface area contributed by atoms with Crippen molar-refractivity contribution >= 4 is 11.0 Å².